The fraction of sp³-hybridized carbons (Fsp3) is 0.273. The minimum Gasteiger partial charge on any atom is -0.478 e. The van der Waals surface area contributed by atoms with E-state index >= 15 is 0 Å². The van der Waals surface area contributed by atoms with Crippen LogP contribution in [0.5, 0.6) is 0 Å². The van der Waals surface area contributed by atoms with Crippen LogP contribution in [-0.2, 0) is 9.59 Å². The molecule has 3 amide bonds. The van der Waals surface area contributed by atoms with Crippen LogP contribution in [0.1, 0.15) is 50.8 Å². The SMILES string of the molecule is CC(=O)N1CCCN(CCNC(=O)c2ccc(N/C(=C3\C(=O)Nc4cc(C(=O)O)c(C)cc43)c3ccccc3)cc2)CC1. The lowest BCUT2D eigenvalue weighted by molar-refractivity contribution is -0.128. The maximum atomic E-state index is 13.2. The normalized spacial score (nSPS) is 16.1. The van der Waals surface area contributed by atoms with E-state index in [1.165, 1.54) is 6.07 Å². The fourth-order valence-corrected chi connectivity index (χ4v) is 5.48. The van der Waals surface area contributed by atoms with E-state index in [2.05, 4.69) is 20.9 Å². The second kappa shape index (κ2) is 12.9. The number of carboxylic acids is 1. The van der Waals surface area contributed by atoms with Crippen molar-refractivity contribution in [2.75, 3.05) is 49.9 Å². The highest BCUT2D eigenvalue weighted by Crippen LogP contribution is 2.39. The minimum atomic E-state index is -1.06. The lowest BCUT2D eigenvalue weighted by atomic mass is 9.96. The zero-order valence-corrected chi connectivity index (χ0v) is 24.3. The molecule has 3 aromatic rings. The number of nitrogens with zero attached hydrogens (tertiary/aromatic N) is 2. The van der Waals surface area contributed by atoms with Crippen molar-refractivity contribution in [3.63, 3.8) is 0 Å². The van der Waals surface area contributed by atoms with Crippen molar-refractivity contribution in [1.29, 1.82) is 0 Å². The summed E-state index contributed by atoms with van der Waals surface area (Å²) >= 11 is 0. The molecule has 10 heteroatoms. The van der Waals surface area contributed by atoms with Crippen LogP contribution in [0.2, 0.25) is 0 Å². The predicted octanol–water partition coefficient (Wildman–Crippen LogP) is 3.91. The number of hydrogen-bond donors (Lipinski definition) is 4. The third-order valence-electron chi connectivity index (χ3n) is 7.82. The summed E-state index contributed by atoms with van der Waals surface area (Å²) in [7, 11) is 0. The van der Waals surface area contributed by atoms with Gasteiger partial charge in [0.1, 0.15) is 0 Å². The number of fused-ring (bicyclic) bond motifs is 1. The number of carbonyl (C=O) groups excluding carboxylic acids is 3. The van der Waals surface area contributed by atoms with Gasteiger partial charge in [-0.3, -0.25) is 19.3 Å². The number of hydrogen-bond acceptors (Lipinski definition) is 6. The first-order chi connectivity index (χ1) is 20.7. The van der Waals surface area contributed by atoms with Gasteiger partial charge in [0.05, 0.1) is 22.5 Å². The van der Waals surface area contributed by atoms with Crippen molar-refractivity contribution in [2.24, 2.45) is 0 Å². The highest BCUT2D eigenvalue weighted by atomic mass is 16.4. The van der Waals surface area contributed by atoms with E-state index in [0.29, 0.717) is 59.0 Å². The van der Waals surface area contributed by atoms with Crippen molar-refractivity contribution < 1.29 is 24.3 Å². The lowest BCUT2D eigenvalue weighted by Gasteiger charge is -2.21. The van der Waals surface area contributed by atoms with Crippen LogP contribution in [0.25, 0.3) is 11.3 Å². The highest BCUT2D eigenvalue weighted by Gasteiger charge is 2.30. The summed E-state index contributed by atoms with van der Waals surface area (Å²) in [5, 5.41) is 18.7. The number of aryl methyl sites for hydroxylation is 1. The molecule has 3 aromatic carbocycles. The van der Waals surface area contributed by atoms with Gasteiger partial charge in [-0.15, -0.1) is 0 Å². The van der Waals surface area contributed by atoms with Gasteiger partial charge >= 0.3 is 5.97 Å². The number of carbonyl (C=O) groups is 4. The first kappa shape index (κ1) is 29.5. The van der Waals surface area contributed by atoms with Crippen LogP contribution < -0.4 is 16.0 Å². The number of aromatic carboxylic acids is 1. The number of anilines is 2. The number of benzene rings is 3. The summed E-state index contributed by atoms with van der Waals surface area (Å²) in [6.45, 7) is 7.67. The van der Waals surface area contributed by atoms with E-state index in [0.717, 1.165) is 31.6 Å². The number of carboxylic acid groups (broad SMARTS) is 1. The molecule has 1 fully saturated rings. The Bertz CT molecular complexity index is 1580. The van der Waals surface area contributed by atoms with Crippen molar-refractivity contribution in [2.45, 2.75) is 20.3 Å². The van der Waals surface area contributed by atoms with E-state index in [-0.39, 0.29) is 23.3 Å². The fourth-order valence-electron chi connectivity index (χ4n) is 5.48. The Balaban J connectivity index is 1.30. The molecule has 0 saturated carbocycles. The van der Waals surface area contributed by atoms with Gasteiger partial charge in [0.25, 0.3) is 11.8 Å². The van der Waals surface area contributed by atoms with E-state index < -0.39 is 5.97 Å². The average molecular weight is 582 g/mol. The van der Waals surface area contributed by atoms with Gasteiger partial charge in [0, 0.05) is 56.5 Å². The Morgan fingerprint density at radius 3 is 2.37 bits per heavy atom. The minimum absolute atomic E-state index is 0.0981. The first-order valence-corrected chi connectivity index (χ1v) is 14.3. The zero-order chi connectivity index (χ0) is 30.5. The first-order valence-electron chi connectivity index (χ1n) is 14.3. The number of nitrogens with one attached hydrogen (secondary N) is 3. The van der Waals surface area contributed by atoms with Gasteiger partial charge in [-0.25, -0.2) is 4.79 Å². The quantitative estimate of drug-likeness (QED) is 0.297. The van der Waals surface area contributed by atoms with Gasteiger partial charge in [-0.1, -0.05) is 30.3 Å². The smallest absolute Gasteiger partial charge is 0.336 e. The second-order valence-electron chi connectivity index (χ2n) is 10.7. The Morgan fingerprint density at radius 2 is 1.67 bits per heavy atom. The number of rotatable bonds is 8. The summed E-state index contributed by atoms with van der Waals surface area (Å²) in [6, 6.07) is 19.7. The molecule has 10 nitrogen and oxygen atoms in total. The topological polar surface area (TPSA) is 131 Å². The van der Waals surface area contributed by atoms with E-state index in [9.17, 15) is 24.3 Å². The molecule has 0 aliphatic carbocycles. The maximum absolute atomic E-state index is 13.2. The third-order valence-corrected chi connectivity index (χ3v) is 7.82. The summed E-state index contributed by atoms with van der Waals surface area (Å²) in [5.74, 6) is -1.47. The number of amides is 3. The molecule has 5 rings (SSSR count). The molecule has 0 atom stereocenters. The van der Waals surface area contributed by atoms with Gasteiger partial charge in [0.15, 0.2) is 0 Å². The van der Waals surface area contributed by atoms with Gasteiger partial charge in [-0.05, 0) is 67.4 Å². The summed E-state index contributed by atoms with van der Waals surface area (Å²) < 4.78 is 0. The molecule has 43 heavy (non-hydrogen) atoms. The maximum Gasteiger partial charge on any atom is 0.336 e. The molecule has 0 bridgehead atoms. The molecular formula is C33H35N5O5. The molecule has 0 unspecified atom stereocenters. The summed E-state index contributed by atoms with van der Waals surface area (Å²) in [5.41, 5.74) is 4.70. The third kappa shape index (κ3) is 6.76. The Hall–Kier alpha value is -4.96. The summed E-state index contributed by atoms with van der Waals surface area (Å²) in [4.78, 5) is 53.5. The Labute approximate surface area is 250 Å². The molecule has 2 heterocycles. The largest absolute Gasteiger partial charge is 0.478 e. The molecule has 0 aromatic heterocycles. The predicted molar refractivity (Wildman–Crippen MR) is 166 cm³/mol. The lowest BCUT2D eigenvalue weighted by Crippen LogP contribution is -2.37. The summed E-state index contributed by atoms with van der Waals surface area (Å²) in [6.07, 6.45) is 0.916. The van der Waals surface area contributed by atoms with Crippen LogP contribution >= 0.6 is 0 Å². The van der Waals surface area contributed by atoms with Crippen LogP contribution in [-0.4, -0.2) is 77.9 Å². The molecule has 2 aliphatic rings. The second-order valence-corrected chi connectivity index (χ2v) is 10.7. The van der Waals surface area contributed by atoms with Gasteiger partial charge in [0.2, 0.25) is 5.91 Å². The van der Waals surface area contributed by atoms with E-state index in [1.807, 2.05) is 35.2 Å². The molecule has 0 radical (unpaired) electrons. The van der Waals surface area contributed by atoms with Crippen molar-refractivity contribution in [1.82, 2.24) is 15.1 Å². The van der Waals surface area contributed by atoms with Crippen molar-refractivity contribution in [3.05, 3.63) is 94.5 Å². The van der Waals surface area contributed by atoms with Gasteiger partial charge < -0.3 is 26.0 Å². The molecule has 0 spiro atoms. The molecular weight excluding hydrogens is 546 g/mol. The highest BCUT2D eigenvalue weighted by molar-refractivity contribution is 6.37. The van der Waals surface area contributed by atoms with Gasteiger partial charge in [-0.2, -0.15) is 0 Å². The molecule has 1 saturated heterocycles. The van der Waals surface area contributed by atoms with Crippen LogP contribution in [0.4, 0.5) is 11.4 Å². The van der Waals surface area contributed by atoms with Crippen molar-refractivity contribution >= 4 is 46.3 Å². The van der Waals surface area contributed by atoms with Crippen LogP contribution in [0, 0.1) is 6.92 Å². The zero-order valence-electron chi connectivity index (χ0n) is 24.3. The Kier molecular flexibility index (Phi) is 8.87. The van der Waals surface area contributed by atoms with Crippen LogP contribution in [0.15, 0.2) is 66.7 Å². The van der Waals surface area contributed by atoms with Crippen LogP contribution in [0.3, 0.4) is 0 Å². The monoisotopic (exact) mass is 581 g/mol. The van der Waals surface area contributed by atoms with Crippen molar-refractivity contribution in [3.8, 4) is 0 Å². The molecule has 222 valence electrons. The van der Waals surface area contributed by atoms with E-state index in [4.69, 9.17) is 0 Å². The standard InChI is InChI=1S/C33H35N5O5/c1-21-19-27-28(20-26(21)33(42)43)36-32(41)29(27)30(23-7-4-3-5-8-23)35-25-11-9-24(10-12-25)31(40)34-13-16-37-14-6-15-38(18-17-37)22(2)39/h3-5,7-12,19-20,35H,6,13-18H2,1-2H3,(H,34,40)(H,36,41)(H,42,43)/b30-29-. The molecule has 2 aliphatic heterocycles. The molecule has 4 N–H and O–H groups in total. The average Bonchev–Trinajstić information content (AvgIpc) is 3.14. The Morgan fingerprint density at radius 1 is 0.930 bits per heavy atom. The van der Waals surface area contributed by atoms with E-state index in [1.54, 1.807) is 44.2 Å².